The van der Waals surface area contributed by atoms with Gasteiger partial charge in [-0.15, -0.1) is 0 Å². The molecule has 1 amide bonds. The van der Waals surface area contributed by atoms with Crippen LogP contribution >= 0.6 is 23.2 Å². The molecule has 0 aromatic heterocycles. The molecule has 0 bridgehead atoms. The lowest BCUT2D eigenvalue weighted by Crippen LogP contribution is -2.30. The van der Waals surface area contributed by atoms with Gasteiger partial charge < -0.3 is 0 Å². The summed E-state index contributed by atoms with van der Waals surface area (Å²) < 4.78 is 24.5. The van der Waals surface area contributed by atoms with E-state index in [-0.39, 0.29) is 22.0 Å². The van der Waals surface area contributed by atoms with Gasteiger partial charge in [0.2, 0.25) is 15.9 Å². The summed E-state index contributed by atoms with van der Waals surface area (Å²) in [4.78, 5) is 23.1. The van der Waals surface area contributed by atoms with E-state index in [0.717, 1.165) is 0 Å². The lowest BCUT2D eigenvalue weighted by molar-refractivity contribution is -0.119. The number of halogens is 2. The van der Waals surface area contributed by atoms with E-state index in [9.17, 15) is 18.0 Å². The van der Waals surface area contributed by atoms with Crippen molar-refractivity contribution in [1.82, 2.24) is 0 Å². The third kappa shape index (κ3) is 2.48. The molecule has 1 unspecified atom stereocenters. The maximum absolute atomic E-state index is 11.9. The zero-order valence-electron chi connectivity index (χ0n) is 9.76. The number of hydrogen-bond donors (Lipinski definition) is 0. The summed E-state index contributed by atoms with van der Waals surface area (Å²) in [6, 6.07) is 3.89. The van der Waals surface area contributed by atoms with Crippen LogP contribution in [0.3, 0.4) is 0 Å². The minimum absolute atomic E-state index is 0.0385. The van der Waals surface area contributed by atoms with Gasteiger partial charge in [-0.25, -0.2) is 12.7 Å². The Hall–Kier alpha value is -1.11. The van der Waals surface area contributed by atoms with Crippen molar-refractivity contribution >= 4 is 50.1 Å². The van der Waals surface area contributed by atoms with Crippen LogP contribution in [-0.2, 0) is 14.8 Å². The zero-order valence-corrected chi connectivity index (χ0v) is 12.1. The maximum Gasteiger partial charge on any atom is 0.253 e. The zero-order chi connectivity index (χ0) is 14.4. The van der Waals surface area contributed by atoms with Crippen LogP contribution < -0.4 is 4.31 Å². The van der Waals surface area contributed by atoms with Gasteiger partial charge in [-0.2, -0.15) is 0 Å². The van der Waals surface area contributed by atoms with Crippen molar-refractivity contribution < 1.29 is 18.0 Å². The molecule has 1 fully saturated rings. The van der Waals surface area contributed by atoms with Crippen LogP contribution in [0.4, 0.5) is 5.69 Å². The second kappa shape index (κ2) is 4.77. The molecule has 1 atom stereocenters. The lowest BCUT2D eigenvalue weighted by atomic mass is 10.1. The Labute approximate surface area is 120 Å². The predicted molar refractivity (Wildman–Crippen MR) is 72.1 cm³/mol. The fourth-order valence-electron chi connectivity index (χ4n) is 1.88. The van der Waals surface area contributed by atoms with E-state index >= 15 is 0 Å². The van der Waals surface area contributed by atoms with E-state index in [2.05, 4.69) is 0 Å². The molecule has 102 valence electrons. The summed E-state index contributed by atoms with van der Waals surface area (Å²) >= 11 is 11.1. The molecule has 0 spiro atoms. The van der Waals surface area contributed by atoms with Crippen molar-refractivity contribution in [3.8, 4) is 0 Å². The van der Waals surface area contributed by atoms with Gasteiger partial charge in [0.25, 0.3) is 5.24 Å². The fraction of sp³-hybridized carbons (Fsp3) is 0.273. The second-order valence-electron chi connectivity index (χ2n) is 4.22. The van der Waals surface area contributed by atoms with Crippen LogP contribution in [0.2, 0.25) is 5.02 Å². The number of hydrogen-bond acceptors (Lipinski definition) is 4. The van der Waals surface area contributed by atoms with Gasteiger partial charge in [-0.3, -0.25) is 9.59 Å². The van der Waals surface area contributed by atoms with Crippen LogP contribution in [-0.4, -0.2) is 25.3 Å². The molecule has 0 aliphatic carbocycles. The number of amides is 1. The number of carbonyl (C=O) groups is 2. The molecule has 1 saturated heterocycles. The third-order valence-corrected chi connectivity index (χ3v) is 5.16. The molecule has 5 nitrogen and oxygen atoms in total. The van der Waals surface area contributed by atoms with Crippen molar-refractivity contribution in [1.29, 1.82) is 0 Å². The van der Waals surface area contributed by atoms with Crippen molar-refractivity contribution in [2.24, 2.45) is 5.92 Å². The Kier molecular flexibility index (Phi) is 3.59. The topological polar surface area (TPSA) is 71.5 Å². The van der Waals surface area contributed by atoms with Gasteiger partial charge in [0.15, 0.2) is 0 Å². The van der Waals surface area contributed by atoms with Crippen LogP contribution in [0, 0.1) is 5.92 Å². The minimum atomic E-state index is -3.71. The maximum atomic E-state index is 11.9. The molecule has 1 aromatic rings. The summed E-state index contributed by atoms with van der Waals surface area (Å²) in [5.41, 5.74) is 0.0335. The van der Waals surface area contributed by atoms with E-state index in [1.165, 1.54) is 25.1 Å². The molecule has 19 heavy (non-hydrogen) atoms. The number of benzene rings is 1. The average molecular weight is 322 g/mol. The second-order valence-corrected chi connectivity index (χ2v) is 6.83. The van der Waals surface area contributed by atoms with Gasteiger partial charge in [-0.05, 0) is 29.8 Å². The van der Waals surface area contributed by atoms with Crippen LogP contribution in [0.25, 0.3) is 0 Å². The summed E-state index contributed by atoms with van der Waals surface area (Å²) in [6.45, 7) is 1.53. The summed E-state index contributed by atoms with van der Waals surface area (Å²) in [5, 5.41) is -0.718. The highest BCUT2D eigenvalue weighted by atomic mass is 35.5. The first-order chi connectivity index (χ1) is 8.74. The van der Waals surface area contributed by atoms with Gasteiger partial charge in [0.1, 0.15) is 0 Å². The standard InChI is InChI=1S/C11H9Cl2NO4S/c1-6-5-19(17,18)14(11(6)16)7-2-3-9(12)8(4-7)10(13)15/h2-4,6H,5H2,1H3. The molecule has 1 aliphatic rings. The predicted octanol–water partition coefficient (Wildman–Crippen LogP) is 2.03. The Bertz CT molecular complexity index is 671. The molecule has 8 heteroatoms. The Morgan fingerprint density at radius 3 is 2.53 bits per heavy atom. The lowest BCUT2D eigenvalue weighted by Gasteiger charge is -2.16. The quantitative estimate of drug-likeness (QED) is 0.781. The smallest absolute Gasteiger partial charge is 0.253 e. The first-order valence-electron chi connectivity index (χ1n) is 5.30. The molecule has 2 rings (SSSR count). The molecule has 1 heterocycles. The summed E-state index contributed by atoms with van der Waals surface area (Å²) in [5.74, 6) is -1.40. The van der Waals surface area contributed by atoms with Crippen molar-refractivity contribution in [3.05, 3.63) is 28.8 Å². The van der Waals surface area contributed by atoms with E-state index in [1.807, 2.05) is 0 Å². The van der Waals surface area contributed by atoms with E-state index in [1.54, 1.807) is 0 Å². The highest BCUT2D eigenvalue weighted by Gasteiger charge is 2.42. The first-order valence-corrected chi connectivity index (χ1v) is 7.67. The minimum Gasteiger partial charge on any atom is -0.276 e. The van der Waals surface area contributed by atoms with Gasteiger partial charge in [0.05, 0.1) is 27.9 Å². The summed E-state index contributed by atoms with van der Waals surface area (Å²) in [6.07, 6.45) is 0. The van der Waals surface area contributed by atoms with Gasteiger partial charge >= 0.3 is 0 Å². The molecule has 1 aromatic carbocycles. The normalized spacial score (nSPS) is 21.7. The molecule has 0 saturated carbocycles. The summed E-state index contributed by atoms with van der Waals surface area (Å²) in [7, 11) is -3.71. The van der Waals surface area contributed by atoms with E-state index < -0.39 is 27.1 Å². The van der Waals surface area contributed by atoms with Crippen molar-refractivity contribution in [2.75, 3.05) is 10.1 Å². The monoisotopic (exact) mass is 321 g/mol. The number of rotatable bonds is 2. The van der Waals surface area contributed by atoms with Crippen LogP contribution in [0.1, 0.15) is 17.3 Å². The number of sulfonamides is 1. The van der Waals surface area contributed by atoms with E-state index in [4.69, 9.17) is 23.2 Å². The van der Waals surface area contributed by atoms with Crippen molar-refractivity contribution in [2.45, 2.75) is 6.92 Å². The Morgan fingerprint density at radius 2 is 2.05 bits per heavy atom. The molecular formula is C11H9Cl2NO4S. The van der Waals surface area contributed by atoms with Crippen molar-refractivity contribution in [3.63, 3.8) is 0 Å². The highest BCUT2D eigenvalue weighted by Crippen LogP contribution is 2.31. The Morgan fingerprint density at radius 1 is 1.42 bits per heavy atom. The number of nitrogens with zero attached hydrogens (tertiary/aromatic N) is 1. The molecule has 0 radical (unpaired) electrons. The highest BCUT2D eigenvalue weighted by molar-refractivity contribution is 7.94. The van der Waals surface area contributed by atoms with Crippen LogP contribution in [0.15, 0.2) is 18.2 Å². The molecule has 1 aliphatic heterocycles. The fourth-order valence-corrected chi connectivity index (χ4v) is 4.10. The average Bonchev–Trinajstić information content (AvgIpc) is 2.49. The number of carbonyl (C=O) groups excluding carboxylic acids is 2. The van der Waals surface area contributed by atoms with E-state index in [0.29, 0.717) is 4.31 Å². The largest absolute Gasteiger partial charge is 0.276 e. The van der Waals surface area contributed by atoms with Gasteiger partial charge in [-0.1, -0.05) is 18.5 Å². The third-order valence-electron chi connectivity index (χ3n) is 2.76. The first kappa shape index (κ1) is 14.3. The van der Waals surface area contributed by atoms with Gasteiger partial charge in [0, 0.05) is 0 Å². The SMILES string of the molecule is CC1CS(=O)(=O)N(c2ccc(Cl)c(C(=O)Cl)c2)C1=O. The number of anilines is 1. The van der Waals surface area contributed by atoms with Crippen LogP contribution in [0.5, 0.6) is 0 Å². The molecule has 0 N–H and O–H groups in total. The Balaban J connectivity index is 2.57. The molecular weight excluding hydrogens is 313 g/mol.